The summed E-state index contributed by atoms with van der Waals surface area (Å²) in [7, 11) is 0. The molecule has 38 heavy (non-hydrogen) atoms. The first-order valence-electron chi connectivity index (χ1n) is 12.6. The van der Waals surface area contributed by atoms with Crippen molar-refractivity contribution >= 4 is 35.5 Å². The predicted molar refractivity (Wildman–Crippen MR) is 142 cm³/mol. The third kappa shape index (κ3) is 7.03. The number of rotatable bonds is 5. The zero-order valence-electron chi connectivity index (χ0n) is 21.8. The monoisotopic (exact) mass is 547 g/mol. The van der Waals surface area contributed by atoms with E-state index in [0.717, 1.165) is 47.9 Å². The van der Waals surface area contributed by atoms with Crippen molar-refractivity contribution < 1.29 is 27.5 Å². The Kier molecular flexibility index (Phi) is 8.30. The van der Waals surface area contributed by atoms with Gasteiger partial charge in [0.1, 0.15) is 5.60 Å². The molecule has 2 amide bonds. The van der Waals surface area contributed by atoms with E-state index in [1.807, 2.05) is 24.3 Å². The van der Waals surface area contributed by atoms with Crippen molar-refractivity contribution in [3.8, 4) is 0 Å². The van der Waals surface area contributed by atoms with E-state index in [1.54, 1.807) is 36.6 Å². The largest absolute Gasteiger partial charge is 0.444 e. The molecule has 0 aliphatic carbocycles. The Hall–Kier alpha value is -3.14. The summed E-state index contributed by atoms with van der Waals surface area (Å²) in [6, 6.07) is 11.6. The predicted octanol–water partition coefficient (Wildman–Crippen LogP) is 6.16. The molecule has 0 bridgehead atoms. The highest BCUT2D eigenvalue weighted by molar-refractivity contribution is 7.99. The molecule has 0 radical (unpaired) electrons. The van der Waals surface area contributed by atoms with E-state index in [1.165, 1.54) is 18.2 Å². The van der Waals surface area contributed by atoms with Crippen LogP contribution in [0, 0.1) is 0 Å². The number of benzene rings is 2. The molecule has 0 unspecified atom stereocenters. The first kappa shape index (κ1) is 27.9. The summed E-state index contributed by atoms with van der Waals surface area (Å²) in [5.74, 6) is -0.315. The highest BCUT2D eigenvalue weighted by atomic mass is 32.2. The van der Waals surface area contributed by atoms with Gasteiger partial charge in [0.15, 0.2) is 0 Å². The smallest absolute Gasteiger partial charge is 0.417 e. The van der Waals surface area contributed by atoms with Crippen LogP contribution in [0.25, 0.3) is 6.08 Å². The third-order valence-corrected chi connectivity index (χ3v) is 7.39. The molecule has 6 nitrogen and oxygen atoms in total. The molecule has 2 heterocycles. The molecule has 0 N–H and O–H groups in total. The van der Waals surface area contributed by atoms with Gasteiger partial charge in [0.05, 0.1) is 11.3 Å². The van der Waals surface area contributed by atoms with Gasteiger partial charge in [-0.2, -0.15) is 13.2 Å². The molecule has 2 aromatic rings. The summed E-state index contributed by atoms with van der Waals surface area (Å²) in [4.78, 5) is 31.1. The first-order chi connectivity index (χ1) is 17.9. The quantitative estimate of drug-likeness (QED) is 0.420. The lowest BCUT2D eigenvalue weighted by molar-refractivity contribution is -0.139. The van der Waals surface area contributed by atoms with Gasteiger partial charge in [0.25, 0.3) is 0 Å². The number of hydrogen-bond donors (Lipinski definition) is 0. The zero-order valence-corrected chi connectivity index (χ0v) is 22.6. The van der Waals surface area contributed by atoms with Crippen LogP contribution in [-0.4, -0.2) is 66.7 Å². The lowest BCUT2D eigenvalue weighted by Crippen LogP contribution is -2.51. The van der Waals surface area contributed by atoms with Crippen LogP contribution >= 0.6 is 11.8 Å². The van der Waals surface area contributed by atoms with E-state index in [9.17, 15) is 22.8 Å². The van der Waals surface area contributed by atoms with Gasteiger partial charge in [-0.3, -0.25) is 4.79 Å². The summed E-state index contributed by atoms with van der Waals surface area (Å²) in [6.45, 7) is 8.47. The highest BCUT2D eigenvalue weighted by Crippen LogP contribution is 2.43. The second kappa shape index (κ2) is 11.3. The number of carbonyl (C=O) groups is 2. The van der Waals surface area contributed by atoms with Gasteiger partial charge in [-0.15, -0.1) is 0 Å². The van der Waals surface area contributed by atoms with Crippen LogP contribution in [0.4, 0.5) is 23.7 Å². The van der Waals surface area contributed by atoms with E-state index >= 15 is 0 Å². The number of nitrogens with zero attached hydrogens (tertiary/aromatic N) is 3. The average Bonchev–Trinajstić information content (AvgIpc) is 2.81. The van der Waals surface area contributed by atoms with E-state index in [-0.39, 0.29) is 10.8 Å². The van der Waals surface area contributed by atoms with Crippen molar-refractivity contribution in [2.75, 3.05) is 44.2 Å². The number of para-hydroxylation sites is 1. The molecule has 204 valence electrons. The molecule has 2 aliphatic rings. The van der Waals surface area contributed by atoms with E-state index in [2.05, 4.69) is 4.90 Å². The molecule has 10 heteroatoms. The maximum atomic E-state index is 14.0. The van der Waals surface area contributed by atoms with Crippen LogP contribution < -0.4 is 4.90 Å². The summed E-state index contributed by atoms with van der Waals surface area (Å²) in [6.07, 6.45) is -1.21. The van der Waals surface area contributed by atoms with E-state index in [4.69, 9.17) is 4.74 Å². The molecule has 0 spiro atoms. The Morgan fingerprint density at radius 2 is 1.55 bits per heavy atom. The SMILES string of the molecule is CC(C)(C)OC(=O)N1CCN(C(=O)/C=C/c2ccc(Sc3ccccc3N3CCC3)c(C(F)(F)F)c2)CC1. The van der Waals surface area contributed by atoms with Gasteiger partial charge >= 0.3 is 12.3 Å². The summed E-state index contributed by atoms with van der Waals surface area (Å²) >= 11 is 1.10. The minimum atomic E-state index is -4.54. The van der Waals surface area contributed by atoms with Crippen LogP contribution in [0.3, 0.4) is 0 Å². The van der Waals surface area contributed by atoms with Crippen molar-refractivity contribution in [3.63, 3.8) is 0 Å². The van der Waals surface area contributed by atoms with Crippen molar-refractivity contribution in [1.29, 1.82) is 0 Å². The molecule has 2 saturated heterocycles. The Balaban J connectivity index is 1.43. The van der Waals surface area contributed by atoms with Gasteiger partial charge in [-0.05, 0) is 63.1 Å². The summed E-state index contributed by atoms with van der Waals surface area (Å²) in [5.41, 5.74) is -0.105. The first-order valence-corrected chi connectivity index (χ1v) is 13.4. The van der Waals surface area contributed by atoms with Gasteiger partial charge < -0.3 is 19.4 Å². The van der Waals surface area contributed by atoms with Crippen molar-refractivity contribution in [2.24, 2.45) is 0 Å². The number of hydrogen-bond acceptors (Lipinski definition) is 5. The second-order valence-corrected chi connectivity index (χ2v) is 11.4. The normalized spacial score (nSPS) is 16.5. The summed E-state index contributed by atoms with van der Waals surface area (Å²) in [5, 5.41) is 0. The molecule has 2 aliphatic heterocycles. The van der Waals surface area contributed by atoms with E-state index < -0.39 is 23.4 Å². The minimum Gasteiger partial charge on any atom is -0.444 e. The molecule has 0 aromatic heterocycles. The molecule has 0 atom stereocenters. The average molecular weight is 548 g/mol. The fourth-order valence-corrected chi connectivity index (χ4v) is 5.26. The third-order valence-electron chi connectivity index (χ3n) is 6.25. The van der Waals surface area contributed by atoms with Crippen molar-refractivity contribution in [1.82, 2.24) is 9.80 Å². The zero-order chi connectivity index (χ0) is 27.5. The number of ether oxygens (including phenoxy) is 1. The van der Waals surface area contributed by atoms with E-state index in [0.29, 0.717) is 31.7 Å². The second-order valence-electron chi connectivity index (χ2n) is 10.3. The molecule has 2 fully saturated rings. The highest BCUT2D eigenvalue weighted by Gasteiger charge is 2.34. The van der Waals surface area contributed by atoms with Crippen molar-refractivity contribution in [3.05, 3.63) is 59.7 Å². The lowest BCUT2D eigenvalue weighted by Gasteiger charge is -2.35. The lowest BCUT2D eigenvalue weighted by atomic mass is 10.1. The number of carbonyl (C=O) groups excluding carboxylic acids is 2. The van der Waals surface area contributed by atoms with Gasteiger partial charge in [-0.1, -0.05) is 30.0 Å². The number of anilines is 1. The van der Waals surface area contributed by atoms with Gasteiger partial charge in [0, 0.05) is 55.1 Å². The minimum absolute atomic E-state index is 0.118. The van der Waals surface area contributed by atoms with Crippen LogP contribution in [0.1, 0.15) is 38.3 Å². The Morgan fingerprint density at radius 1 is 0.895 bits per heavy atom. The van der Waals surface area contributed by atoms with Gasteiger partial charge in [0.2, 0.25) is 5.91 Å². The Morgan fingerprint density at radius 3 is 2.16 bits per heavy atom. The number of amides is 2. The molecular formula is C28H32F3N3O3S. The van der Waals surface area contributed by atoms with Gasteiger partial charge in [-0.25, -0.2) is 4.79 Å². The summed E-state index contributed by atoms with van der Waals surface area (Å²) < 4.78 is 47.4. The molecule has 2 aromatic carbocycles. The Labute approximate surface area is 225 Å². The maximum absolute atomic E-state index is 14.0. The number of alkyl halides is 3. The Bertz CT molecular complexity index is 1200. The van der Waals surface area contributed by atoms with Crippen LogP contribution in [0.15, 0.2) is 58.3 Å². The van der Waals surface area contributed by atoms with Crippen LogP contribution in [0.5, 0.6) is 0 Å². The fourth-order valence-electron chi connectivity index (χ4n) is 4.15. The molecule has 0 saturated carbocycles. The standard InChI is InChI=1S/C28H32F3N3O3S/c1-27(2,3)37-26(36)34-17-15-33(16-18-34)25(35)12-10-20-9-11-23(21(19-20)28(29,30)31)38-24-8-5-4-7-22(24)32-13-6-14-32/h4-5,7-12,19H,6,13-18H2,1-3H3/b12-10+. The van der Waals surface area contributed by atoms with Crippen LogP contribution in [0.2, 0.25) is 0 Å². The number of halogens is 3. The number of piperazine rings is 1. The fraction of sp³-hybridized carbons (Fsp3) is 0.429. The molecule has 4 rings (SSSR count). The topological polar surface area (TPSA) is 53.1 Å². The maximum Gasteiger partial charge on any atom is 0.417 e. The van der Waals surface area contributed by atoms with Crippen LogP contribution in [-0.2, 0) is 15.7 Å². The molecular weight excluding hydrogens is 515 g/mol. The van der Waals surface area contributed by atoms with Crippen molar-refractivity contribution in [2.45, 2.75) is 48.8 Å².